The number of hydrogen-bond acceptors (Lipinski definition) is 2. The minimum absolute atomic E-state index is 0.520. The van der Waals surface area contributed by atoms with Gasteiger partial charge < -0.3 is 4.74 Å². The molecule has 11 heavy (non-hydrogen) atoms. The van der Waals surface area contributed by atoms with Crippen LogP contribution in [0.2, 0.25) is 5.02 Å². The molecule has 1 rings (SSSR count). The third kappa shape index (κ3) is 1.63. The SMILES string of the molecule is COc1cc(C#N)ccc1Cl. The standard InChI is InChI=1S/C8H6ClNO/c1-11-8-4-6(5-10)2-3-7(8)9/h2-4H,1H3. The van der Waals surface area contributed by atoms with E-state index in [-0.39, 0.29) is 0 Å². The quantitative estimate of drug-likeness (QED) is 0.643. The zero-order valence-corrected chi connectivity index (χ0v) is 6.72. The summed E-state index contributed by atoms with van der Waals surface area (Å²) in [5.74, 6) is 0.533. The molecule has 1 aromatic rings. The Morgan fingerprint density at radius 1 is 1.55 bits per heavy atom. The Balaban J connectivity index is 3.15. The molecule has 0 heterocycles. The summed E-state index contributed by atoms with van der Waals surface area (Å²) in [6, 6.07) is 6.87. The van der Waals surface area contributed by atoms with E-state index < -0.39 is 0 Å². The summed E-state index contributed by atoms with van der Waals surface area (Å²) in [6.07, 6.45) is 0. The van der Waals surface area contributed by atoms with Crippen molar-refractivity contribution in [2.45, 2.75) is 0 Å². The summed E-state index contributed by atoms with van der Waals surface area (Å²) in [4.78, 5) is 0. The summed E-state index contributed by atoms with van der Waals surface area (Å²) in [5.41, 5.74) is 0.547. The van der Waals surface area contributed by atoms with Gasteiger partial charge in [-0.25, -0.2) is 0 Å². The first-order valence-corrected chi connectivity index (χ1v) is 3.39. The molecule has 0 aliphatic carbocycles. The molecule has 0 aromatic heterocycles. The maximum absolute atomic E-state index is 8.50. The largest absolute Gasteiger partial charge is 0.495 e. The highest BCUT2D eigenvalue weighted by Gasteiger charge is 1.99. The van der Waals surface area contributed by atoms with Crippen LogP contribution in [-0.2, 0) is 0 Å². The van der Waals surface area contributed by atoms with Gasteiger partial charge in [0.05, 0.1) is 23.8 Å². The molecular formula is C8H6ClNO. The van der Waals surface area contributed by atoms with E-state index in [0.717, 1.165) is 0 Å². The maximum atomic E-state index is 8.50. The molecule has 1 aromatic carbocycles. The molecule has 0 N–H and O–H groups in total. The number of halogens is 1. The van der Waals surface area contributed by atoms with Crippen molar-refractivity contribution in [3.63, 3.8) is 0 Å². The minimum Gasteiger partial charge on any atom is -0.495 e. The van der Waals surface area contributed by atoms with E-state index >= 15 is 0 Å². The fraction of sp³-hybridized carbons (Fsp3) is 0.125. The zero-order chi connectivity index (χ0) is 8.27. The highest BCUT2D eigenvalue weighted by atomic mass is 35.5. The lowest BCUT2D eigenvalue weighted by atomic mass is 10.2. The lowest BCUT2D eigenvalue weighted by molar-refractivity contribution is 0.415. The summed E-state index contributed by atoms with van der Waals surface area (Å²) in [7, 11) is 1.52. The predicted octanol–water partition coefficient (Wildman–Crippen LogP) is 2.22. The van der Waals surface area contributed by atoms with Crippen molar-refractivity contribution in [3.05, 3.63) is 28.8 Å². The molecule has 0 atom stereocenters. The molecule has 0 radical (unpaired) electrons. The lowest BCUT2D eigenvalue weighted by Crippen LogP contribution is -1.84. The average molecular weight is 168 g/mol. The van der Waals surface area contributed by atoms with E-state index in [1.54, 1.807) is 18.2 Å². The molecule has 0 spiro atoms. The fourth-order valence-corrected chi connectivity index (χ4v) is 0.924. The highest BCUT2D eigenvalue weighted by Crippen LogP contribution is 2.24. The highest BCUT2D eigenvalue weighted by molar-refractivity contribution is 6.32. The molecule has 0 saturated heterocycles. The van der Waals surface area contributed by atoms with Crippen LogP contribution < -0.4 is 4.74 Å². The second-order valence-corrected chi connectivity index (χ2v) is 2.37. The molecule has 0 amide bonds. The fourth-order valence-electron chi connectivity index (χ4n) is 0.729. The summed E-state index contributed by atoms with van der Waals surface area (Å²) in [5, 5.41) is 9.02. The van der Waals surface area contributed by atoms with Crippen LogP contribution in [0, 0.1) is 11.3 Å². The number of benzene rings is 1. The Kier molecular flexibility index (Phi) is 2.35. The van der Waals surface area contributed by atoms with Gasteiger partial charge >= 0.3 is 0 Å². The minimum atomic E-state index is 0.520. The molecule has 0 aliphatic heterocycles. The van der Waals surface area contributed by atoms with Crippen LogP contribution in [0.25, 0.3) is 0 Å². The molecule has 3 heteroatoms. The first-order chi connectivity index (χ1) is 5.27. The first kappa shape index (κ1) is 7.90. The normalized spacial score (nSPS) is 8.82. The second kappa shape index (κ2) is 3.27. The number of nitriles is 1. The van der Waals surface area contributed by atoms with Crippen LogP contribution in [0.15, 0.2) is 18.2 Å². The Morgan fingerprint density at radius 2 is 2.27 bits per heavy atom. The Bertz CT molecular complexity index is 303. The van der Waals surface area contributed by atoms with Crippen LogP contribution >= 0.6 is 11.6 Å². The van der Waals surface area contributed by atoms with Crippen molar-refractivity contribution in [3.8, 4) is 11.8 Å². The lowest BCUT2D eigenvalue weighted by Gasteiger charge is -2.00. The molecule has 0 aliphatic rings. The molecule has 0 saturated carbocycles. The molecular weight excluding hydrogens is 162 g/mol. The van der Waals surface area contributed by atoms with E-state index in [0.29, 0.717) is 16.3 Å². The Labute approximate surface area is 70.0 Å². The van der Waals surface area contributed by atoms with Crippen LogP contribution in [0.1, 0.15) is 5.56 Å². The van der Waals surface area contributed by atoms with Gasteiger partial charge in [-0.1, -0.05) is 11.6 Å². The number of methoxy groups -OCH3 is 1. The monoisotopic (exact) mass is 167 g/mol. The smallest absolute Gasteiger partial charge is 0.138 e. The van der Waals surface area contributed by atoms with Gasteiger partial charge in [-0.2, -0.15) is 5.26 Å². The van der Waals surface area contributed by atoms with Gasteiger partial charge in [0.1, 0.15) is 5.75 Å². The van der Waals surface area contributed by atoms with E-state index in [1.807, 2.05) is 6.07 Å². The van der Waals surface area contributed by atoms with E-state index in [4.69, 9.17) is 21.6 Å². The average Bonchev–Trinajstić information content (AvgIpc) is 2.05. The Hall–Kier alpha value is -1.20. The van der Waals surface area contributed by atoms with Crippen molar-refractivity contribution in [2.24, 2.45) is 0 Å². The Morgan fingerprint density at radius 3 is 2.82 bits per heavy atom. The summed E-state index contributed by atoms with van der Waals surface area (Å²) >= 11 is 5.72. The maximum Gasteiger partial charge on any atom is 0.138 e. The number of hydrogen-bond donors (Lipinski definition) is 0. The van der Waals surface area contributed by atoms with Gasteiger partial charge in [0.25, 0.3) is 0 Å². The van der Waals surface area contributed by atoms with Gasteiger partial charge in [-0.15, -0.1) is 0 Å². The molecule has 0 bridgehead atoms. The van der Waals surface area contributed by atoms with Gasteiger partial charge in [0.15, 0.2) is 0 Å². The molecule has 56 valence electrons. The van der Waals surface area contributed by atoms with E-state index in [2.05, 4.69) is 0 Å². The van der Waals surface area contributed by atoms with Crippen LogP contribution in [0.5, 0.6) is 5.75 Å². The third-order valence-electron chi connectivity index (χ3n) is 1.28. The van der Waals surface area contributed by atoms with Gasteiger partial charge in [0, 0.05) is 0 Å². The zero-order valence-electron chi connectivity index (χ0n) is 5.97. The predicted molar refractivity (Wildman–Crippen MR) is 42.7 cm³/mol. The molecule has 2 nitrogen and oxygen atoms in total. The second-order valence-electron chi connectivity index (χ2n) is 1.96. The van der Waals surface area contributed by atoms with Crippen LogP contribution in [0.3, 0.4) is 0 Å². The van der Waals surface area contributed by atoms with Gasteiger partial charge in [-0.05, 0) is 18.2 Å². The van der Waals surface area contributed by atoms with Gasteiger partial charge in [-0.3, -0.25) is 0 Å². The number of ether oxygens (including phenoxy) is 1. The topological polar surface area (TPSA) is 33.0 Å². The summed E-state index contributed by atoms with van der Waals surface area (Å²) in [6.45, 7) is 0. The van der Waals surface area contributed by atoms with Gasteiger partial charge in [0.2, 0.25) is 0 Å². The molecule has 0 unspecified atom stereocenters. The van der Waals surface area contributed by atoms with Crippen molar-refractivity contribution >= 4 is 11.6 Å². The third-order valence-corrected chi connectivity index (χ3v) is 1.59. The number of rotatable bonds is 1. The summed E-state index contributed by atoms with van der Waals surface area (Å²) < 4.78 is 4.90. The van der Waals surface area contributed by atoms with Crippen molar-refractivity contribution in [1.29, 1.82) is 5.26 Å². The van der Waals surface area contributed by atoms with E-state index in [1.165, 1.54) is 7.11 Å². The van der Waals surface area contributed by atoms with Crippen molar-refractivity contribution in [2.75, 3.05) is 7.11 Å². The van der Waals surface area contributed by atoms with Crippen molar-refractivity contribution in [1.82, 2.24) is 0 Å². The molecule has 0 fully saturated rings. The number of nitrogens with zero attached hydrogens (tertiary/aromatic N) is 1. The van der Waals surface area contributed by atoms with Crippen LogP contribution in [-0.4, -0.2) is 7.11 Å². The first-order valence-electron chi connectivity index (χ1n) is 3.01. The van der Waals surface area contributed by atoms with Crippen molar-refractivity contribution < 1.29 is 4.74 Å². The van der Waals surface area contributed by atoms with Crippen LogP contribution in [0.4, 0.5) is 0 Å². The van der Waals surface area contributed by atoms with E-state index in [9.17, 15) is 0 Å².